The molecule has 0 aromatic rings. The predicted molar refractivity (Wildman–Crippen MR) is 33.1 cm³/mol. The molecule has 0 bridgehead atoms. The van der Waals surface area contributed by atoms with Crippen molar-refractivity contribution < 1.29 is 4.84 Å². The molecule has 8 heavy (non-hydrogen) atoms. The fourth-order valence-corrected chi connectivity index (χ4v) is 0.191. The van der Waals surface area contributed by atoms with Crippen molar-refractivity contribution in [3.63, 3.8) is 0 Å². The Morgan fingerprint density at radius 2 is 2.38 bits per heavy atom. The molecular formula is C5H8N2O. The summed E-state index contributed by atoms with van der Waals surface area (Å²) in [6.45, 7) is 3.35. The molecule has 0 rings (SSSR count). The SMILES string of the molecule is C=CN=C/C=C\ON. The lowest BCUT2D eigenvalue weighted by Gasteiger charge is -1.78. The van der Waals surface area contributed by atoms with Gasteiger partial charge in [-0.1, -0.05) is 6.58 Å². The van der Waals surface area contributed by atoms with E-state index in [1.807, 2.05) is 0 Å². The number of nitrogens with zero attached hydrogens (tertiary/aromatic N) is 1. The van der Waals surface area contributed by atoms with Gasteiger partial charge in [-0.3, -0.25) is 4.99 Å². The molecule has 2 N–H and O–H groups in total. The van der Waals surface area contributed by atoms with E-state index in [0.717, 1.165) is 0 Å². The first-order chi connectivity index (χ1) is 3.91. The van der Waals surface area contributed by atoms with Crippen molar-refractivity contribution in [1.29, 1.82) is 0 Å². The molecule has 3 heteroatoms. The molecule has 0 aliphatic heterocycles. The summed E-state index contributed by atoms with van der Waals surface area (Å²) < 4.78 is 0. The summed E-state index contributed by atoms with van der Waals surface area (Å²) in [6, 6.07) is 0. The maximum atomic E-state index is 4.64. The monoisotopic (exact) mass is 112 g/mol. The van der Waals surface area contributed by atoms with Crippen molar-refractivity contribution in [3.8, 4) is 0 Å². The van der Waals surface area contributed by atoms with Crippen molar-refractivity contribution >= 4 is 6.21 Å². The van der Waals surface area contributed by atoms with Gasteiger partial charge >= 0.3 is 0 Å². The number of allylic oxidation sites excluding steroid dienone is 1. The number of aliphatic imine (C=N–C) groups is 1. The quantitative estimate of drug-likeness (QED) is 0.330. The van der Waals surface area contributed by atoms with E-state index in [4.69, 9.17) is 0 Å². The Kier molecular flexibility index (Phi) is 5.10. The minimum absolute atomic E-state index is 1.31. The van der Waals surface area contributed by atoms with Gasteiger partial charge < -0.3 is 4.84 Å². The zero-order valence-electron chi connectivity index (χ0n) is 4.45. The van der Waals surface area contributed by atoms with Crippen LogP contribution in [0.1, 0.15) is 0 Å². The van der Waals surface area contributed by atoms with E-state index in [-0.39, 0.29) is 0 Å². The Hall–Kier alpha value is -1.09. The zero-order valence-corrected chi connectivity index (χ0v) is 4.45. The molecule has 0 fully saturated rings. The molecule has 0 spiro atoms. The number of rotatable bonds is 3. The Morgan fingerprint density at radius 1 is 1.62 bits per heavy atom. The molecule has 0 unspecified atom stereocenters. The molecule has 44 valence electrons. The van der Waals surface area contributed by atoms with Crippen LogP contribution in [0.15, 0.2) is 30.1 Å². The predicted octanol–water partition coefficient (Wildman–Crippen LogP) is 0.605. The zero-order chi connectivity index (χ0) is 6.24. The lowest BCUT2D eigenvalue weighted by Crippen LogP contribution is -1.87. The summed E-state index contributed by atoms with van der Waals surface area (Å²) >= 11 is 0. The molecule has 0 saturated heterocycles. The van der Waals surface area contributed by atoms with Crippen LogP contribution in [0.4, 0.5) is 0 Å². The lowest BCUT2D eigenvalue weighted by atomic mass is 10.7. The van der Waals surface area contributed by atoms with Crippen LogP contribution in [-0.2, 0) is 4.84 Å². The Bertz CT molecular complexity index is 107. The van der Waals surface area contributed by atoms with Gasteiger partial charge in [-0.2, -0.15) is 5.90 Å². The maximum Gasteiger partial charge on any atom is 0.112 e. The molecule has 0 aromatic carbocycles. The first-order valence-corrected chi connectivity index (χ1v) is 2.06. The normalized spacial score (nSPS) is 10.6. The van der Waals surface area contributed by atoms with Gasteiger partial charge in [-0.25, -0.2) is 0 Å². The van der Waals surface area contributed by atoms with Crippen molar-refractivity contribution in [2.24, 2.45) is 10.9 Å². The highest BCUT2D eigenvalue weighted by Gasteiger charge is 1.58. The molecular weight excluding hydrogens is 104 g/mol. The van der Waals surface area contributed by atoms with E-state index >= 15 is 0 Å². The first kappa shape index (κ1) is 6.91. The molecule has 0 aliphatic rings. The van der Waals surface area contributed by atoms with Crippen LogP contribution >= 0.6 is 0 Å². The van der Waals surface area contributed by atoms with Gasteiger partial charge in [0.05, 0.1) is 0 Å². The third-order valence-corrected chi connectivity index (χ3v) is 0.435. The highest BCUT2D eigenvalue weighted by atomic mass is 16.6. The van der Waals surface area contributed by atoms with Gasteiger partial charge in [0.25, 0.3) is 0 Å². The van der Waals surface area contributed by atoms with E-state index in [0.29, 0.717) is 0 Å². The standard InChI is InChI=1S/C5H8N2O/c1-2-7-4-3-5-8-6/h2-5H,1,6H2/b5-3-,7-4?. The fraction of sp³-hybridized carbons (Fsp3) is 0. The lowest BCUT2D eigenvalue weighted by molar-refractivity contribution is 0.262. The Morgan fingerprint density at radius 3 is 2.88 bits per heavy atom. The minimum atomic E-state index is 1.31. The van der Waals surface area contributed by atoms with Gasteiger partial charge in [-0.05, 0) is 6.08 Å². The molecule has 0 heterocycles. The van der Waals surface area contributed by atoms with E-state index in [2.05, 4.69) is 22.3 Å². The van der Waals surface area contributed by atoms with Gasteiger partial charge in [0, 0.05) is 12.4 Å². The smallest absolute Gasteiger partial charge is 0.112 e. The van der Waals surface area contributed by atoms with E-state index in [9.17, 15) is 0 Å². The molecule has 0 aliphatic carbocycles. The minimum Gasteiger partial charge on any atom is -0.419 e. The number of hydrogen-bond acceptors (Lipinski definition) is 3. The van der Waals surface area contributed by atoms with Crippen LogP contribution in [0.5, 0.6) is 0 Å². The van der Waals surface area contributed by atoms with Crippen LogP contribution in [0.25, 0.3) is 0 Å². The average Bonchev–Trinajstić information content (AvgIpc) is 1.81. The van der Waals surface area contributed by atoms with Crippen molar-refractivity contribution in [1.82, 2.24) is 0 Å². The summed E-state index contributed by atoms with van der Waals surface area (Å²) in [6.07, 6.45) is 5.80. The highest BCUT2D eigenvalue weighted by molar-refractivity contribution is 5.71. The molecule has 0 aromatic heterocycles. The maximum absolute atomic E-state index is 4.64. The molecule has 0 amide bonds. The van der Waals surface area contributed by atoms with Crippen LogP contribution in [0, 0.1) is 0 Å². The van der Waals surface area contributed by atoms with Gasteiger partial charge in [0.2, 0.25) is 0 Å². The van der Waals surface area contributed by atoms with Gasteiger partial charge in [0.1, 0.15) is 6.26 Å². The van der Waals surface area contributed by atoms with Crippen molar-refractivity contribution in [3.05, 3.63) is 25.1 Å². The Balaban J connectivity index is 3.26. The molecule has 0 saturated carbocycles. The summed E-state index contributed by atoms with van der Waals surface area (Å²) in [5.41, 5.74) is 0. The summed E-state index contributed by atoms with van der Waals surface area (Å²) in [7, 11) is 0. The van der Waals surface area contributed by atoms with Crippen molar-refractivity contribution in [2.45, 2.75) is 0 Å². The second-order valence-electron chi connectivity index (χ2n) is 0.945. The number of hydrogen-bond donors (Lipinski definition) is 1. The largest absolute Gasteiger partial charge is 0.419 e. The Labute approximate surface area is 48.1 Å². The first-order valence-electron chi connectivity index (χ1n) is 2.06. The highest BCUT2D eigenvalue weighted by Crippen LogP contribution is 1.67. The molecule has 0 atom stereocenters. The second-order valence-corrected chi connectivity index (χ2v) is 0.945. The third kappa shape index (κ3) is 4.91. The van der Waals surface area contributed by atoms with Crippen molar-refractivity contribution in [2.75, 3.05) is 0 Å². The van der Waals surface area contributed by atoms with Gasteiger partial charge in [0.15, 0.2) is 0 Å². The van der Waals surface area contributed by atoms with E-state index in [1.54, 1.807) is 6.08 Å². The average molecular weight is 112 g/mol. The molecule has 0 radical (unpaired) electrons. The van der Waals surface area contributed by atoms with Crippen LogP contribution in [0.2, 0.25) is 0 Å². The molecule has 3 nitrogen and oxygen atoms in total. The summed E-state index contributed by atoms with van der Waals surface area (Å²) in [5.74, 6) is 4.64. The fourth-order valence-electron chi connectivity index (χ4n) is 0.191. The summed E-state index contributed by atoms with van der Waals surface area (Å²) in [5, 5.41) is 0. The van der Waals surface area contributed by atoms with Crippen LogP contribution in [0.3, 0.4) is 0 Å². The van der Waals surface area contributed by atoms with Crippen LogP contribution in [-0.4, -0.2) is 6.21 Å². The van der Waals surface area contributed by atoms with E-state index < -0.39 is 0 Å². The third-order valence-electron chi connectivity index (χ3n) is 0.435. The number of nitrogens with two attached hydrogens (primary N) is 1. The second kappa shape index (κ2) is 5.91. The summed E-state index contributed by atoms with van der Waals surface area (Å²) in [4.78, 5) is 7.71. The topological polar surface area (TPSA) is 47.6 Å². The van der Waals surface area contributed by atoms with E-state index in [1.165, 1.54) is 18.7 Å². The van der Waals surface area contributed by atoms with Crippen LogP contribution < -0.4 is 5.90 Å². The van der Waals surface area contributed by atoms with Gasteiger partial charge in [-0.15, -0.1) is 0 Å².